The van der Waals surface area contributed by atoms with Gasteiger partial charge >= 0.3 is 0 Å². The number of carbonyl (C=O) groups excluding carboxylic acids is 1. The van der Waals surface area contributed by atoms with Crippen molar-refractivity contribution in [3.63, 3.8) is 0 Å². The summed E-state index contributed by atoms with van der Waals surface area (Å²) in [6, 6.07) is 0. The van der Waals surface area contributed by atoms with Crippen LogP contribution < -0.4 is 0 Å². The molecule has 22 heavy (non-hydrogen) atoms. The second-order valence-corrected chi connectivity index (χ2v) is 6.30. The topological polar surface area (TPSA) is 77.8 Å². The molecule has 2 atom stereocenters. The number of carbonyl (C=O) groups is 1. The van der Waals surface area contributed by atoms with E-state index in [0.29, 0.717) is 0 Å². The highest BCUT2D eigenvalue weighted by Gasteiger charge is 2.22. The summed E-state index contributed by atoms with van der Waals surface area (Å²) in [4.78, 5) is 11.5. The average molecular weight is 316 g/mol. The smallest absolute Gasteiger partial charge is 0.164 e. The summed E-state index contributed by atoms with van der Waals surface area (Å²) in [5.41, 5.74) is 0. The van der Waals surface area contributed by atoms with Gasteiger partial charge in [-0.25, -0.2) is 0 Å². The second kappa shape index (κ2) is 15.4. The van der Waals surface area contributed by atoms with Crippen molar-refractivity contribution in [2.24, 2.45) is 0 Å². The predicted molar refractivity (Wildman–Crippen MR) is 89.8 cm³/mol. The molecule has 0 saturated heterocycles. The molecule has 0 aromatic carbocycles. The van der Waals surface area contributed by atoms with E-state index in [2.05, 4.69) is 6.92 Å². The van der Waals surface area contributed by atoms with Crippen LogP contribution in [0.1, 0.15) is 90.4 Å². The molecule has 132 valence electrons. The minimum Gasteiger partial charge on any atom is -0.394 e. The standard InChI is InChI=1S/C18H36O4/c1-2-3-4-5-6-7-8-9-10-11-12-13-14-16(20)18(22)17(21)15-19/h17-19,21-22H,2-15H2,1H3/t17-,18+/m1/s1. The van der Waals surface area contributed by atoms with Crippen LogP contribution in [0.5, 0.6) is 0 Å². The summed E-state index contributed by atoms with van der Waals surface area (Å²) < 4.78 is 0. The number of hydrogen-bond acceptors (Lipinski definition) is 4. The van der Waals surface area contributed by atoms with Crippen LogP contribution in [0, 0.1) is 0 Å². The molecule has 0 bridgehead atoms. The third-order valence-corrected chi connectivity index (χ3v) is 4.16. The average Bonchev–Trinajstić information content (AvgIpc) is 2.54. The van der Waals surface area contributed by atoms with E-state index in [1.807, 2.05) is 0 Å². The van der Waals surface area contributed by atoms with Crippen molar-refractivity contribution < 1.29 is 20.1 Å². The molecule has 0 saturated carbocycles. The normalized spacial score (nSPS) is 14.0. The number of hydrogen-bond donors (Lipinski definition) is 3. The lowest BCUT2D eigenvalue weighted by Gasteiger charge is -2.13. The lowest BCUT2D eigenvalue weighted by atomic mass is 10.0. The first-order chi connectivity index (χ1) is 10.6. The summed E-state index contributed by atoms with van der Waals surface area (Å²) in [7, 11) is 0. The molecule has 0 heterocycles. The molecule has 0 aliphatic heterocycles. The fourth-order valence-corrected chi connectivity index (χ4v) is 2.60. The van der Waals surface area contributed by atoms with Gasteiger partial charge in [0.15, 0.2) is 5.78 Å². The number of ketones is 1. The zero-order valence-electron chi connectivity index (χ0n) is 14.3. The number of aliphatic hydroxyl groups is 3. The largest absolute Gasteiger partial charge is 0.394 e. The van der Waals surface area contributed by atoms with Crippen LogP contribution in [-0.4, -0.2) is 39.9 Å². The first-order valence-corrected chi connectivity index (χ1v) is 9.13. The van der Waals surface area contributed by atoms with Gasteiger partial charge in [-0.15, -0.1) is 0 Å². The van der Waals surface area contributed by atoms with E-state index < -0.39 is 18.8 Å². The predicted octanol–water partition coefficient (Wildman–Crippen LogP) is 3.36. The van der Waals surface area contributed by atoms with Crippen molar-refractivity contribution in [1.82, 2.24) is 0 Å². The van der Waals surface area contributed by atoms with Crippen molar-refractivity contribution in [3.05, 3.63) is 0 Å². The van der Waals surface area contributed by atoms with E-state index in [0.717, 1.165) is 19.3 Å². The summed E-state index contributed by atoms with van der Waals surface area (Å²) in [5.74, 6) is -0.367. The number of Topliss-reactive ketones (excluding diaryl/α,β-unsaturated/α-hetero) is 1. The van der Waals surface area contributed by atoms with Gasteiger partial charge in [-0.1, -0.05) is 77.6 Å². The van der Waals surface area contributed by atoms with Crippen LogP contribution in [0.25, 0.3) is 0 Å². The lowest BCUT2D eigenvalue weighted by molar-refractivity contribution is -0.134. The third kappa shape index (κ3) is 12.1. The van der Waals surface area contributed by atoms with Crippen LogP contribution in [-0.2, 0) is 4.79 Å². The molecule has 0 amide bonds. The molecule has 0 aromatic heterocycles. The molecule has 0 fully saturated rings. The Hall–Kier alpha value is -0.450. The van der Waals surface area contributed by atoms with Crippen LogP contribution in [0.4, 0.5) is 0 Å². The van der Waals surface area contributed by atoms with Crippen molar-refractivity contribution in [3.8, 4) is 0 Å². The Morgan fingerprint density at radius 2 is 1.18 bits per heavy atom. The maximum atomic E-state index is 11.5. The van der Waals surface area contributed by atoms with Crippen molar-refractivity contribution >= 4 is 5.78 Å². The highest BCUT2D eigenvalue weighted by atomic mass is 16.4. The van der Waals surface area contributed by atoms with Gasteiger partial charge < -0.3 is 15.3 Å². The van der Waals surface area contributed by atoms with Gasteiger partial charge in [0.05, 0.1) is 6.61 Å². The molecule has 0 unspecified atom stereocenters. The van der Waals surface area contributed by atoms with Gasteiger partial charge in [-0.3, -0.25) is 4.79 Å². The maximum absolute atomic E-state index is 11.5. The summed E-state index contributed by atoms with van der Waals surface area (Å²) >= 11 is 0. The molecule has 0 aromatic rings. The molecule has 4 nitrogen and oxygen atoms in total. The first-order valence-electron chi connectivity index (χ1n) is 9.13. The minimum atomic E-state index is -1.43. The molecule has 0 aliphatic rings. The Morgan fingerprint density at radius 3 is 1.59 bits per heavy atom. The van der Waals surface area contributed by atoms with E-state index in [9.17, 15) is 9.90 Å². The quantitative estimate of drug-likeness (QED) is 0.382. The third-order valence-electron chi connectivity index (χ3n) is 4.16. The number of rotatable bonds is 16. The molecular formula is C18H36O4. The van der Waals surface area contributed by atoms with Gasteiger partial charge in [0.25, 0.3) is 0 Å². The van der Waals surface area contributed by atoms with Crippen molar-refractivity contribution in [2.75, 3.05) is 6.61 Å². The molecule has 0 aliphatic carbocycles. The maximum Gasteiger partial charge on any atom is 0.164 e. The zero-order chi connectivity index (χ0) is 16.6. The molecule has 4 heteroatoms. The summed E-state index contributed by atoms with van der Waals surface area (Å²) in [6.07, 6.45) is 12.3. The van der Waals surface area contributed by atoms with Crippen LogP contribution >= 0.6 is 0 Å². The van der Waals surface area contributed by atoms with Gasteiger partial charge in [-0.2, -0.15) is 0 Å². The summed E-state index contributed by atoms with van der Waals surface area (Å²) in [6.45, 7) is 1.66. The van der Waals surface area contributed by atoms with Crippen molar-refractivity contribution in [2.45, 2.75) is 103 Å². The van der Waals surface area contributed by atoms with Gasteiger partial charge in [0.1, 0.15) is 12.2 Å². The molecule has 0 spiro atoms. The lowest BCUT2D eigenvalue weighted by Crippen LogP contribution is -2.36. The Balaban J connectivity index is 3.28. The molecular weight excluding hydrogens is 280 g/mol. The monoisotopic (exact) mass is 316 g/mol. The van der Waals surface area contributed by atoms with Gasteiger partial charge in [-0.05, 0) is 6.42 Å². The highest BCUT2D eigenvalue weighted by Crippen LogP contribution is 2.13. The fourth-order valence-electron chi connectivity index (χ4n) is 2.60. The minimum absolute atomic E-state index is 0.287. The fraction of sp³-hybridized carbons (Fsp3) is 0.944. The Labute approximate surface area is 135 Å². The van der Waals surface area contributed by atoms with Gasteiger partial charge in [0.2, 0.25) is 0 Å². The molecule has 0 rings (SSSR count). The second-order valence-electron chi connectivity index (χ2n) is 6.30. The van der Waals surface area contributed by atoms with Crippen LogP contribution in [0.2, 0.25) is 0 Å². The number of aliphatic hydroxyl groups excluding tert-OH is 3. The van der Waals surface area contributed by atoms with E-state index in [1.165, 1.54) is 57.8 Å². The van der Waals surface area contributed by atoms with Crippen molar-refractivity contribution in [1.29, 1.82) is 0 Å². The van der Waals surface area contributed by atoms with Crippen LogP contribution in [0.15, 0.2) is 0 Å². The highest BCUT2D eigenvalue weighted by molar-refractivity contribution is 5.83. The molecule has 3 N–H and O–H groups in total. The molecule has 0 radical (unpaired) electrons. The Kier molecular flexibility index (Phi) is 15.1. The zero-order valence-corrected chi connectivity index (χ0v) is 14.3. The van der Waals surface area contributed by atoms with E-state index in [4.69, 9.17) is 10.2 Å². The Morgan fingerprint density at radius 1 is 0.773 bits per heavy atom. The van der Waals surface area contributed by atoms with Crippen LogP contribution in [0.3, 0.4) is 0 Å². The van der Waals surface area contributed by atoms with Gasteiger partial charge in [0, 0.05) is 6.42 Å². The van der Waals surface area contributed by atoms with E-state index in [-0.39, 0.29) is 12.2 Å². The van der Waals surface area contributed by atoms with E-state index in [1.54, 1.807) is 0 Å². The SMILES string of the molecule is CCCCCCCCCCCCCCC(=O)[C@H](O)[C@H](O)CO. The van der Waals surface area contributed by atoms with E-state index >= 15 is 0 Å². The Bertz CT molecular complexity index is 255. The number of unbranched alkanes of at least 4 members (excludes halogenated alkanes) is 11. The summed E-state index contributed by atoms with van der Waals surface area (Å²) in [5, 5.41) is 27.2. The first kappa shape index (κ1) is 21.6.